The van der Waals surface area contributed by atoms with Gasteiger partial charge >= 0.3 is 0 Å². The minimum atomic E-state index is -0.138. The van der Waals surface area contributed by atoms with Gasteiger partial charge in [-0.15, -0.1) is 0 Å². The third-order valence-electron chi connectivity index (χ3n) is 3.38. The molecule has 1 N–H and O–H groups in total. The molecule has 0 aromatic heterocycles. The molecule has 1 aromatic rings. The normalized spacial score (nSPS) is 19.0. The van der Waals surface area contributed by atoms with Gasteiger partial charge in [0.05, 0.1) is 0 Å². The highest BCUT2D eigenvalue weighted by atomic mass is 19.1. The van der Waals surface area contributed by atoms with Crippen molar-refractivity contribution >= 4 is 0 Å². The highest BCUT2D eigenvalue weighted by molar-refractivity contribution is 5.17. The van der Waals surface area contributed by atoms with Crippen molar-refractivity contribution in [2.45, 2.75) is 51.6 Å². The lowest BCUT2D eigenvalue weighted by Gasteiger charge is -2.20. The van der Waals surface area contributed by atoms with Gasteiger partial charge in [-0.1, -0.05) is 25.0 Å². The lowest BCUT2D eigenvalue weighted by Crippen LogP contribution is -2.36. The largest absolute Gasteiger partial charge is 0.311 e. The zero-order valence-electron chi connectivity index (χ0n) is 10.7. The predicted octanol–water partition coefficient (Wildman–Crippen LogP) is 3.53. The number of halogens is 1. The van der Waals surface area contributed by atoms with E-state index in [1.165, 1.54) is 25.3 Å². The molecule has 2 rings (SSSR count). The quantitative estimate of drug-likeness (QED) is 0.795. The third-order valence-corrected chi connectivity index (χ3v) is 3.38. The molecule has 0 amide bonds. The second kappa shape index (κ2) is 5.63. The van der Waals surface area contributed by atoms with E-state index in [4.69, 9.17) is 0 Å². The van der Waals surface area contributed by atoms with Crippen LogP contribution in [0.25, 0.3) is 0 Å². The Bertz CT molecular complexity index is 360. The maximum Gasteiger partial charge on any atom is 0.123 e. The van der Waals surface area contributed by atoms with Gasteiger partial charge < -0.3 is 5.32 Å². The molecule has 0 saturated heterocycles. The molecule has 94 valence electrons. The van der Waals surface area contributed by atoms with Crippen LogP contribution in [0.4, 0.5) is 4.39 Å². The Morgan fingerprint density at radius 2 is 2.06 bits per heavy atom. The van der Waals surface area contributed by atoms with Crippen molar-refractivity contribution in [2.24, 2.45) is 5.92 Å². The van der Waals surface area contributed by atoms with E-state index in [9.17, 15) is 4.39 Å². The average Bonchev–Trinajstić information content (AvgIpc) is 3.00. The summed E-state index contributed by atoms with van der Waals surface area (Å²) < 4.78 is 13.0. The Morgan fingerprint density at radius 3 is 2.71 bits per heavy atom. The van der Waals surface area contributed by atoms with Crippen molar-refractivity contribution in [1.82, 2.24) is 5.32 Å². The number of benzene rings is 1. The molecule has 1 nitrogen and oxygen atoms in total. The molecule has 1 aromatic carbocycles. The molecule has 1 saturated carbocycles. The number of rotatable bonds is 6. The fourth-order valence-corrected chi connectivity index (χ4v) is 2.48. The molecule has 1 fully saturated rings. The van der Waals surface area contributed by atoms with Gasteiger partial charge in [-0.05, 0) is 50.3 Å². The van der Waals surface area contributed by atoms with Crippen molar-refractivity contribution in [2.75, 3.05) is 0 Å². The summed E-state index contributed by atoms with van der Waals surface area (Å²) in [5, 5.41) is 3.60. The lowest BCUT2D eigenvalue weighted by molar-refractivity contribution is 0.428. The minimum absolute atomic E-state index is 0.138. The summed E-state index contributed by atoms with van der Waals surface area (Å²) in [5.41, 5.74) is 1.07. The third kappa shape index (κ3) is 4.47. The van der Waals surface area contributed by atoms with Crippen LogP contribution in [0.1, 0.15) is 38.7 Å². The van der Waals surface area contributed by atoms with E-state index >= 15 is 0 Å². The van der Waals surface area contributed by atoms with Gasteiger partial charge in [-0.25, -0.2) is 4.39 Å². The summed E-state index contributed by atoms with van der Waals surface area (Å²) in [6, 6.07) is 7.88. The monoisotopic (exact) mass is 235 g/mol. The first-order valence-corrected chi connectivity index (χ1v) is 6.64. The fourth-order valence-electron chi connectivity index (χ4n) is 2.48. The molecule has 2 heteroatoms. The molecular formula is C15H22FN. The van der Waals surface area contributed by atoms with Crippen LogP contribution in [-0.4, -0.2) is 12.1 Å². The Balaban J connectivity index is 1.77. The second-order valence-corrected chi connectivity index (χ2v) is 5.48. The van der Waals surface area contributed by atoms with Crippen molar-refractivity contribution in [1.29, 1.82) is 0 Å². The average molecular weight is 235 g/mol. The van der Waals surface area contributed by atoms with Crippen molar-refractivity contribution < 1.29 is 4.39 Å². The van der Waals surface area contributed by atoms with Crippen LogP contribution in [0.3, 0.4) is 0 Å². The summed E-state index contributed by atoms with van der Waals surface area (Å²) in [4.78, 5) is 0. The van der Waals surface area contributed by atoms with E-state index in [0.29, 0.717) is 12.1 Å². The van der Waals surface area contributed by atoms with E-state index in [1.54, 1.807) is 12.1 Å². The van der Waals surface area contributed by atoms with Gasteiger partial charge in [0.15, 0.2) is 0 Å². The summed E-state index contributed by atoms with van der Waals surface area (Å²) >= 11 is 0. The molecule has 17 heavy (non-hydrogen) atoms. The first-order valence-electron chi connectivity index (χ1n) is 6.64. The predicted molar refractivity (Wildman–Crippen MR) is 69.5 cm³/mol. The van der Waals surface area contributed by atoms with Crippen molar-refractivity contribution in [3.8, 4) is 0 Å². The molecule has 0 aliphatic heterocycles. The Kier molecular flexibility index (Phi) is 4.16. The van der Waals surface area contributed by atoms with Gasteiger partial charge in [0.1, 0.15) is 5.82 Å². The molecule has 0 heterocycles. The van der Waals surface area contributed by atoms with Gasteiger partial charge in [0.2, 0.25) is 0 Å². The van der Waals surface area contributed by atoms with Crippen LogP contribution >= 0.6 is 0 Å². The molecule has 0 bridgehead atoms. The van der Waals surface area contributed by atoms with E-state index in [-0.39, 0.29) is 5.82 Å². The summed E-state index contributed by atoms with van der Waals surface area (Å²) in [6.07, 6.45) is 4.99. The first kappa shape index (κ1) is 12.6. The van der Waals surface area contributed by atoms with Gasteiger partial charge in [-0.3, -0.25) is 0 Å². The number of hydrogen-bond donors (Lipinski definition) is 1. The minimum Gasteiger partial charge on any atom is -0.311 e. The Labute approximate surface area is 103 Å². The Hall–Kier alpha value is -0.890. The summed E-state index contributed by atoms with van der Waals surface area (Å²) in [6.45, 7) is 4.43. The molecule has 0 spiro atoms. The topological polar surface area (TPSA) is 12.0 Å². The van der Waals surface area contributed by atoms with Crippen LogP contribution in [0.5, 0.6) is 0 Å². The van der Waals surface area contributed by atoms with Crippen LogP contribution in [-0.2, 0) is 6.42 Å². The second-order valence-electron chi connectivity index (χ2n) is 5.48. The maximum atomic E-state index is 13.0. The zero-order valence-corrected chi connectivity index (χ0v) is 10.7. The molecular weight excluding hydrogens is 213 g/mol. The standard InChI is InChI=1S/C15H22FN/c1-11(8-13-6-7-13)17-12(2)9-14-4-3-5-15(16)10-14/h3-5,10-13,17H,6-9H2,1-2H3. The number of nitrogens with one attached hydrogen (secondary N) is 1. The molecule has 2 unspecified atom stereocenters. The fraction of sp³-hybridized carbons (Fsp3) is 0.600. The van der Waals surface area contributed by atoms with E-state index in [2.05, 4.69) is 19.2 Å². The van der Waals surface area contributed by atoms with E-state index < -0.39 is 0 Å². The molecule has 0 radical (unpaired) electrons. The highest BCUT2D eigenvalue weighted by Crippen LogP contribution is 2.33. The molecule has 2 atom stereocenters. The van der Waals surface area contributed by atoms with Crippen molar-refractivity contribution in [3.63, 3.8) is 0 Å². The van der Waals surface area contributed by atoms with Crippen LogP contribution in [0.15, 0.2) is 24.3 Å². The summed E-state index contributed by atoms with van der Waals surface area (Å²) in [7, 11) is 0. The number of hydrogen-bond acceptors (Lipinski definition) is 1. The smallest absolute Gasteiger partial charge is 0.123 e. The SMILES string of the molecule is CC(Cc1cccc(F)c1)NC(C)CC1CC1. The summed E-state index contributed by atoms with van der Waals surface area (Å²) in [5.74, 6) is 0.819. The van der Waals surface area contributed by atoms with Crippen LogP contribution in [0.2, 0.25) is 0 Å². The molecule has 1 aliphatic carbocycles. The lowest BCUT2D eigenvalue weighted by atomic mass is 10.1. The van der Waals surface area contributed by atoms with Gasteiger partial charge in [0.25, 0.3) is 0 Å². The van der Waals surface area contributed by atoms with Crippen molar-refractivity contribution in [3.05, 3.63) is 35.6 Å². The van der Waals surface area contributed by atoms with Crippen LogP contribution in [0, 0.1) is 11.7 Å². The molecule has 1 aliphatic rings. The van der Waals surface area contributed by atoms with E-state index in [1.807, 2.05) is 6.07 Å². The Morgan fingerprint density at radius 1 is 1.29 bits per heavy atom. The zero-order chi connectivity index (χ0) is 12.3. The van der Waals surface area contributed by atoms with E-state index in [0.717, 1.165) is 17.9 Å². The maximum absolute atomic E-state index is 13.0. The van der Waals surface area contributed by atoms with Gasteiger partial charge in [-0.2, -0.15) is 0 Å². The van der Waals surface area contributed by atoms with Crippen LogP contribution < -0.4 is 5.32 Å². The van der Waals surface area contributed by atoms with Gasteiger partial charge in [0, 0.05) is 12.1 Å². The highest BCUT2D eigenvalue weighted by Gasteiger charge is 2.23. The first-order chi connectivity index (χ1) is 8.13.